The summed E-state index contributed by atoms with van der Waals surface area (Å²) >= 11 is 1.46. The van der Waals surface area contributed by atoms with Crippen LogP contribution in [0.1, 0.15) is 39.7 Å². The van der Waals surface area contributed by atoms with Gasteiger partial charge in [-0.15, -0.1) is 11.3 Å². The first kappa shape index (κ1) is 23.9. The largest absolute Gasteiger partial charge is 0.462 e. The standard InChI is InChI=1S/C23H29N3O5S2/c1-3-31-23(28)21-18-5-4-6-19(18)32-22(21)24-20(27)15-25-11-13-26(14-12-25)33(29,30)17-9-7-16(2)8-10-17/h7-10H,3-6,11-15H2,1-2H3,(H,24,27). The number of fused-ring (bicyclic) bond motifs is 1. The number of sulfonamides is 1. The fourth-order valence-corrected chi connectivity index (χ4v) is 6.98. The SMILES string of the molecule is CCOC(=O)c1c(NC(=O)CN2CCN(S(=O)(=O)c3ccc(C)cc3)CC2)sc2c1CCC2. The summed E-state index contributed by atoms with van der Waals surface area (Å²) in [7, 11) is -3.54. The topological polar surface area (TPSA) is 96.0 Å². The van der Waals surface area contributed by atoms with Crippen LogP contribution in [0.2, 0.25) is 0 Å². The summed E-state index contributed by atoms with van der Waals surface area (Å²) in [4.78, 5) is 28.6. The monoisotopic (exact) mass is 491 g/mol. The number of hydrogen-bond acceptors (Lipinski definition) is 7. The minimum absolute atomic E-state index is 0.142. The summed E-state index contributed by atoms with van der Waals surface area (Å²) in [5.41, 5.74) is 2.51. The van der Waals surface area contributed by atoms with Crippen molar-refractivity contribution < 1.29 is 22.7 Å². The van der Waals surface area contributed by atoms with Crippen LogP contribution in [0.25, 0.3) is 0 Å². The number of nitrogens with zero attached hydrogens (tertiary/aromatic N) is 2. The Bertz CT molecular complexity index is 1130. The molecule has 4 rings (SSSR count). The maximum atomic E-state index is 12.9. The first-order chi connectivity index (χ1) is 15.8. The van der Waals surface area contributed by atoms with Crippen LogP contribution in [-0.2, 0) is 32.4 Å². The zero-order chi connectivity index (χ0) is 23.6. The molecule has 1 N–H and O–H groups in total. The first-order valence-electron chi connectivity index (χ1n) is 11.2. The zero-order valence-electron chi connectivity index (χ0n) is 18.9. The Balaban J connectivity index is 1.36. The lowest BCUT2D eigenvalue weighted by molar-refractivity contribution is -0.117. The highest BCUT2D eigenvalue weighted by Gasteiger charge is 2.31. The van der Waals surface area contributed by atoms with E-state index >= 15 is 0 Å². The van der Waals surface area contributed by atoms with Crippen molar-refractivity contribution in [1.29, 1.82) is 0 Å². The summed E-state index contributed by atoms with van der Waals surface area (Å²) in [6, 6.07) is 6.84. The molecule has 1 aliphatic carbocycles. The summed E-state index contributed by atoms with van der Waals surface area (Å²) in [6.45, 7) is 5.68. The van der Waals surface area contributed by atoms with Crippen molar-refractivity contribution in [2.45, 2.75) is 38.0 Å². The maximum Gasteiger partial charge on any atom is 0.341 e. The lowest BCUT2D eigenvalue weighted by atomic mass is 10.1. The molecule has 1 saturated heterocycles. The van der Waals surface area contributed by atoms with Gasteiger partial charge in [0.2, 0.25) is 15.9 Å². The van der Waals surface area contributed by atoms with Crippen LogP contribution in [0.15, 0.2) is 29.2 Å². The Labute approximate surface area is 198 Å². The normalized spacial score (nSPS) is 17.0. The van der Waals surface area contributed by atoms with Crippen LogP contribution in [0.3, 0.4) is 0 Å². The van der Waals surface area contributed by atoms with Gasteiger partial charge in [-0.3, -0.25) is 9.69 Å². The second kappa shape index (κ2) is 9.92. The number of benzene rings is 1. The van der Waals surface area contributed by atoms with Gasteiger partial charge in [0.05, 0.1) is 23.6 Å². The summed E-state index contributed by atoms with van der Waals surface area (Å²) < 4.78 is 32.4. The number of thiophene rings is 1. The van der Waals surface area contributed by atoms with E-state index in [1.54, 1.807) is 31.2 Å². The van der Waals surface area contributed by atoms with Crippen molar-refractivity contribution in [3.63, 3.8) is 0 Å². The third-order valence-electron chi connectivity index (χ3n) is 6.01. The molecule has 1 amide bonds. The molecule has 2 aromatic rings. The summed E-state index contributed by atoms with van der Waals surface area (Å²) in [5, 5.41) is 3.46. The average molecular weight is 492 g/mol. The smallest absolute Gasteiger partial charge is 0.341 e. The highest BCUT2D eigenvalue weighted by atomic mass is 32.2. The number of carbonyl (C=O) groups excluding carboxylic acids is 2. The van der Waals surface area contributed by atoms with Crippen molar-refractivity contribution in [2.24, 2.45) is 0 Å². The molecular formula is C23H29N3O5S2. The number of aryl methyl sites for hydroxylation is 2. The molecule has 1 aromatic carbocycles. The zero-order valence-corrected chi connectivity index (χ0v) is 20.6. The number of hydrogen-bond donors (Lipinski definition) is 1. The molecule has 0 atom stereocenters. The van der Waals surface area contributed by atoms with Gasteiger partial charge in [0.1, 0.15) is 5.00 Å². The summed E-state index contributed by atoms with van der Waals surface area (Å²) in [6.07, 6.45) is 2.75. The van der Waals surface area contributed by atoms with Gasteiger partial charge in [-0.1, -0.05) is 17.7 Å². The average Bonchev–Trinajstić information content (AvgIpc) is 3.35. The van der Waals surface area contributed by atoms with Crippen LogP contribution in [0.4, 0.5) is 5.00 Å². The third-order valence-corrected chi connectivity index (χ3v) is 9.13. The quantitative estimate of drug-likeness (QED) is 0.599. The van der Waals surface area contributed by atoms with Gasteiger partial charge in [0.15, 0.2) is 0 Å². The van der Waals surface area contributed by atoms with Crippen LogP contribution in [0.5, 0.6) is 0 Å². The number of piperazine rings is 1. The summed E-state index contributed by atoms with van der Waals surface area (Å²) in [5.74, 6) is -0.600. The number of esters is 1. The van der Waals surface area contributed by atoms with Crippen LogP contribution < -0.4 is 5.32 Å². The Kier molecular flexibility index (Phi) is 7.18. The molecule has 10 heteroatoms. The molecule has 2 aliphatic rings. The molecular weight excluding hydrogens is 462 g/mol. The molecule has 0 radical (unpaired) electrons. The second-order valence-electron chi connectivity index (χ2n) is 8.32. The lowest BCUT2D eigenvalue weighted by Crippen LogP contribution is -2.50. The van der Waals surface area contributed by atoms with Gasteiger partial charge in [-0.2, -0.15) is 4.31 Å². The minimum Gasteiger partial charge on any atom is -0.462 e. The molecule has 178 valence electrons. The second-order valence-corrected chi connectivity index (χ2v) is 11.4. The Morgan fingerprint density at radius 2 is 1.79 bits per heavy atom. The Morgan fingerprint density at radius 3 is 2.45 bits per heavy atom. The molecule has 8 nitrogen and oxygen atoms in total. The van der Waals surface area contributed by atoms with Gasteiger partial charge in [0.25, 0.3) is 0 Å². The van der Waals surface area contributed by atoms with Gasteiger partial charge in [0, 0.05) is 31.1 Å². The number of anilines is 1. The van der Waals surface area contributed by atoms with Crippen LogP contribution in [0, 0.1) is 6.92 Å². The Morgan fingerprint density at radius 1 is 1.09 bits per heavy atom. The third kappa shape index (κ3) is 5.13. The van der Waals surface area contributed by atoms with Gasteiger partial charge in [-0.05, 0) is 50.8 Å². The molecule has 1 aliphatic heterocycles. The molecule has 1 aromatic heterocycles. The van der Waals surface area contributed by atoms with E-state index in [0.717, 1.165) is 35.3 Å². The lowest BCUT2D eigenvalue weighted by Gasteiger charge is -2.33. The number of nitrogens with one attached hydrogen (secondary N) is 1. The van der Waals surface area contributed by atoms with Gasteiger partial charge < -0.3 is 10.1 Å². The molecule has 2 heterocycles. The predicted molar refractivity (Wildman–Crippen MR) is 127 cm³/mol. The minimum atomic E-state index is -3.54. The van der Waals surface area contributed by atoms with E-state index in [4.69, 9.17) is 4.74 Å². The fourth-order valence-electron chi connectivity index (χ4n) is 4.27. The van der Waals surface area contributed by atoms with E-state index in [2.05, 4.69) is 5.32 Å². The number of ether oxygens (including phenoxy) is 1. The predicted octanol–water partition coefficient (Wildman–Crippen LogP) is 2.67. The number of rotatable bonds is 7. The molecule has 33 heavy (non-hydrogen) atoms. The molecule has 1 fully saturated rings. The van der Waals surface area contributed by atoms with E-state index in [1.807, 2.05) is 11.8 Å². The van der Waals surface area contributed by atoms with Crippen LogP contribution >= 0.6 is 11.3 Å². The molecule has 0 saturated carbocycles. The molecule has 0 unspecified atom stereocenters. The van der Waals surface area contributed by atoms with Crippen molar-refractivity contribution >= 4 is 38.2 Å². The van der Waals surface area contributed by atoms with Crippen molar-refractivity contribution in [3.8, 4) is 0 Å². The first-order valence-corrected chi connectivity index (χ1v) is 13.5. The number of amides is 1. The van der Waals surface area contributed by atoms with E-state index in [9.17, 15) is 18.0 Å². The molecule has 0 bridgehead atoms. The van der Waals surface area contributed by atoms with Gasteiger partial charge in [-0.25, -0.2) is 13.2 Å². The van der Waals surface area contributed by atoms with E-state index in [0.29, 0.717) is 36.7 Å². The van der Waals surface area contributed by atoms with E-state index in [-0.39, 0.29) is 29.9 Å². The Hall–Kier alpha value is -2.27. The van der Waals surface area contributed by atoms with Gasteiger partial charge >= 0.3 is 5.97 Å². The van der Waals surface area contributed by atoms with Crippen LogP contribution in [-0.4, -0.2) is 68.8 Å². The van der Waals surface area contributed by atoms with E-state index < -0.39 is 10.0 Å². The van der Waals surface area contributed by atoms with Crippen molar-refractivity contribution in [2.75, 3.05) is 44.6 Å². The highest BCUT2D eigenvalue weighted by molar-refractivity contribution is 7.89. The van der Waals surface area contributed by atoms with Crippen molar-refractivity contribution in [1.82, 2.24) is 9.21 Å². The number of carbonyl (C=O) groups is 2. The van der Waals surface area contributed by atoms with E-state index in [1.165, 1.54) is 15.6 Å². The fraction of sp³-hybridized carbons (Fsp3) is 0.478. The van der Waals surface area contributed by atoms with Crippen molar-refractivity contribution in [3.05, 3.63) is 45.8 Å². The highest BCUT2D eigenvalue weighted by Crippen LogP contribution is 2.39. The molecule has 0 spiro atoms. The maximum absolute atomic E-state index is 12.9.